The number of imidazole rings is 1. The van der Waals surface area contributed by atoms with Crippen LogP contribution in [0.3, 0.4) is 0 Å². The van der Waals surface area contributed by atoms with Crippen LogP contribution < -0.4 is 0 Å². The minimum Gasteiger partial charge on any atom is -0.344 e. The van der Waals surface area contributed by atoms with E-state index < -0.39 is 0 Å². The summed E-state index contributed by atoms with van der Waals surface area (Å²) in [5.41, 5.74) is 2.61. The molecule has 1 aromatic heterocycles. The summed E-state index contributed by atoms with van der Waals surface area (Å²) >= 11 is 0. The Labute approximate surface area is 144 Å². The minimum absolute atomic E-state index is 0.284. The molecule has 24 heavy (non-hydrogen) atoms. The van der Waals surface area contributed by atoms with Crippen LogP contribution in [0.2, 0.25) is 0 Å². The molecule has 2 saturated heterocycles. The highest BCUT2D eigenvalue weighted by molar-refractivity contribution is 5.78. The molecule has 1 atom stereocenters. The van der Waals surface area contributed by atoms with Gasteiger partial charge in [-0.2, -0.15) is 0 Å². The third kappa shape index (κ3) is 3.22. The first-order chi connectivity index (χ1) is 11.7. The second-order valence-electron chi connectivity index (χ2n) is 7.57. The summed E-state index contributed by atoms with van der Waals surface area (Å²) in [5.74, 6) is 1.39. The smallest absolute Gasteiger partial charge is 0.236 e. The average Bonchev–Trinajstić information content (AvgIpc) is 3.21. The van der Waals surface area contributed by atoms with Gasteiger partial charge in [0.15, 0.2) is 0 Å². The number of aromatic nitrogens is 2. The zero-order valence-electron chi connectivity index (χ0n) is 14.8. The molecule has 2 fully saturated rings. The maximum atomic E-state index is 12.7. The Morgan fingerprint density at radius 3 is 2.71 bits per heavy atom. The third-order valence-electron chi connectivity index (χ3n) is 5.85. The molecule has 0 bridgehead atoms. The largest absolute Gasteiger partial charge is 0.344 e. The van der Waals surface area contributed by atoms with Crippen molar-refractivity contribution in [3.63, 3.8) is 0 Å². The van der Waals surface area contributed by atoms with Gasteiger partial charge >= 0.3 is 0 Å². The molecule has 1 amide bonds. The molecular formula is C18H29N5O. The summed E-state index contributed by atoms with van der Waals surface area (Å²) in [6, 6.07) is 0.298. The summed E-state index contributed by atoms with van der Waals surface area (Å²) in [6.07, 6.45) is 7.04. The Hall–Kier alpha value is -1.40. The molecule has 3 heterocycles. The Bertz CT molecular complexity index is 567. The first kappa shape index (κ1) is 16.1. The molecule has 0 radical (unpaired) electrons. The van der Waals surface area contributed by atoms with Gasteiger partial charge in [-0.25, -0.2) is 4.98 Å². The van der Waals surface area contributed by atoms with Gasteiger partial charge in [0.2, 0.25) is 5.91 Å². The highest BCUT2D eigenvalue weighted by Crippen LogP contribution is 2.32. The minimum atomic E-state index is 0.284. The van der Waals surface area contributed by atoms with Gasteiger partial charge < -0.3 is 14.8 Å². The topological polar surface area (TPSA) is 55.5 Å². The van der Waals surface area contributed by atoms with E-state index in [1.165, 1.54) is 24.2 Å². The average molecular weight is 331 g/mol. The predicted molar refractivity (Wildman–Crippen MR) is 92.9 cm³/mol. The van der Waals surface area contributed by atoms with Crippen molar-refractivity contribution in [1.82, 2.24) is 24.7 Å². The van der Waals surface area contributed by atoms with Crippen molar-refractivity contribution in [3.8, 4) is 0 Å². The number of aryl methyl sites for hydroxylation is 2. The first-order valence-corrected chi connectivity index (χ1v) is 9.49. The van der Waals surface area contributed by atoms with Crippen LogP contribution in [0.15, 0.2) is 0 Å². The molecule has 6 heteroatoms. The number of hydrogen-bond acceptors (Lipinski definition) is 4. The van der Waals surface area contributed by atoms with E-state index in [-0.39, 0.29) is 5.91 Å². The van der Waals surface area contributed by atoms with Crippen molar-refractivity contribution in [2.45, 2.75) is 44.6 Å². The number of carbonyl (C=O) groups is 1. The van der Waals surface area contributed by atoms with Crippen molar-refractivity contribution in [1.29, 1.82) is 0 Å². The Balaban J connectivity index is 1.41. The Morgan fingerprint density at radius 1 is 1.12 bits per heavy atom. The van der Waals surface area contributed by atoms with E-state index >= 15 is 0 Å². The van der Waals surface area contributed by atoms with E-state index in [0.29, 0.717) is 12.6 Å². The van der Waals surface area contributed by atoms with Crippen molar-refractivity contribution in [3.05, 3.63) is 17.2 Å². The molecule has 0 spiro atoms. The fourth-order valence-corrected chi connectivity index (χ4v) is 4.29. The van der Waals surface area contributed by atoms with E-state index in [0.717, 1.165) is 64.2 Å². The van der Waals surface area contributed by atoms with Crippen molar-refractivity contribution in [2.75, 3.05) is 46.3 Å². The van der Waals surface area contributed by atoms with Crippen LogP contribution in [0.25, 0.3) is 0 Å². The van der Waals surface area contributed by atoms with E-state index in [4.69, 9.17) is 4.98 Å². The molecule has 6 nitrogen and oxygen atoms in total. The molecular weight excluding hydrogens is 302 g/mol. The van der Waals surface area contributed by atoms with Crippen LogP contribution in [0, 0.1) is 0 Å². The Kier molecular flexibility index (Phi) is 4.59. The van der Waals surface area contributed by atoms with Crippen LogP contribution in [0.1, 0.15) is 48.9 Å². The van der Waals surface area contributed by atoms with Gasteiger partial charge in [-0.3, -0.25) is 9.69 Å². The number of likely N-dealkylation sites (tertiary alicyclic amines) is 1. The molecule has 0 unspecified atom stereocenters. The van der Waals surface area contributed by atoms with Crippen LogP contribution in [-0.4, -0.2) is 76.9 Å². The fourth-order valence-electron chi connectivity index (χ4n) is 4.29. The summed E-state index contributed by atoms with van der Waals surface area (Å²) in [7, 11) is 2.12. The highest BCUT2D eigenvalue weighted by Gasteiger charge is 2.32. The lowest BCUT2D eigenvalue weighted by Crippen LogP contribution is -2.50. The zero-order valence-corrected chi connectivity index (χ0v) is 14.8. The second kappa shape index (κ2) is 6.84. The maximum Gasteiger partial charge on any atom is 0.236 e. The van der Waals surface area contributed by atoms with E-state index in [1.54, 1.807) is 0 Å². The summed E-state index contributed by atoms with van der Waals surface area (Å²) in [5, 5.41) is 0. The van der Waals surface area contributed by atoms with Crippen LogP contribution in [0.4, 0.5) is 0 Å². The van der Waals surface area contributed by atoms with Crippen molar-refractivity contribution < 1.29 is 4.79 Å². The summed E-state index contributed by atoms with van der Waals surface area (Å²) < 4.78 is 0. The van der Waals surface area contributed by atoms with Crippen molar-refractivity contribution >= 4 is 5.91 Å². The number of fused-ring (bicyclic) bond motifs is 1. The molecule has 1 aliphatic carbocycles. The number of H-pyrrole nitrogens is 1. The molecule has 1 aromatic rings. The Morgan fingerprint density at radius 2 is 1.92 bits per heavy atom. The summed E-state index contributed by atoms with van der Waals surface area (Å²) in [6.45, 7) is 5.25. The lowest BCUT2D eigenvalue weighted by molar-refractivity contribution is -0.134. The fraction of sp³-hybridized carbons (Fsp3) is 0.778. The molecule has 2 aliphatic heterocycles. The van der Waals surface area contributed by atoms with E-state index in [1.807, 2.05) is 4.90 Å². The number of piperazine rings is 1. The van der Waals surface area contributed by atoms with Gasteiger partial charge in [-0.05, 0) is 52.1 Å². The van der Waals surface area contributed by atoms with Gasteiger partial charge in [0, 0.05) is 31.9 Å². The second-order valence-corrected chi connectivity index (χ2v) is 7.57. The van der Waals surface area contributed by atoms with Gasteiger partial charge in [-0.15, -0.1) is 0 Å². The van der Waals surface area contributed by atoms with Gasteiger partial charge in [0.25, 0.3) is 0 Å². The predicted octanol–water partition coefficient (Wildman–Crippen LogP) is 1.20. The molecule has 0 saturated carbocycles. The number of aromatic amines is 1. The van der Waals surface area contributed by atoms with Crippen LogP contribution in [0.5, 0.6) is 0 Å². The van der Waals surface area contributed by atoms with Crippen LogP contribution >= 0.6 is 0 Å². The number of carbonyl (C=O) groups excluding carboxylic acids is 1. The SMILES string of the molecule is CN1CCN(C(=O)CN2CCC[C@@H]2c2nc3c([nH]2)CCCC3)CC1. The number of hydrogen-bond donors (Lipinski definition) is 1. The molecule has 0 aromatic carbocycles. The maximum absolute atomic E-state index is 12.7. The number of nitrogens with zero attached hydrogens (tertiary/aromatic N) is 4. The lowest BCUT2D eigenvalue weighted by Gasteiger charge is -2.34. The molecule has 1 N–H and O–H groups in total. The van der Waals surface area contributed by atoms with Crippen molar-refractivity contribution in [2.24, 2.45) is 0 Å². The van der Waals surface area contributed by atoms with Gasteiger partial charge in [0.05, 0.1) is 18.3 Å². The number of nitrogens with one attached hydrogen (secondary N) is 1. The quantitative estimate of drug-likeness (QED) is 0.904. The number of rotatable bonds is 3. The normalized spacial score (nSPS) is 25.9. The van der Waals surface area contributed by atoms with E-state index in [9.17, 15) is 4.79 Å². The highest BCUT2D eigenvalue weighted by atomic mass is 16.2. The monoisotopic (exact) mass is 331 g/mol. The van der Waals surface area contributed by atoms with E-state index in [2.05, 4.69) is 21.8 Å². The molecule has 3 aliphatic rings. The third-order valence-corrected chi connectivity index (χ3v) is 5.85. The number of amides is 1. The lowest BCUT2D eigenvalue weighted by atomic mass is 10.0. The standard InChI is InChI=1S/C18H29N5O/c1-21-9-11-22(12-10-21)17(24)13-23-8-4-7-16(23)18-19-14-5-2-3-6-15(14)20-18/h16H,2-13H2,1H3,(H,19,20)/t16-/m1/s1. The molecule has 132 valence electrons. The van der Waals surface area contributed by atoms with Crippen LogP contribution in [-0.2, 0) is 17.6 Å². The number of likely N-dealkylation sites (N-methyl/N-ethyl adjacent to an activating group) is 1. The first-order valence-electron chi connectivity index (χ1n) is 9.49. The molecule has 4 rings (SSSR count). The van der Waals surface area contributed by atoms with Gasteiger partial charge in [-0.1, -0.05) is 0 Å². The summed E-state index contributed by atoms with van der Waals surface area (Å²) in [4.78, 5) is 27.8. The van der Waals surface area contributed by atoms with Gasteiger partial charge in [0.1, 0.15) is 5.82 Å². The zero-order chi connectivity index (χ0) is 16.5.